The zero-order chi connectivity index (χ0) is 23.3. The summed E-state index contributed by atoms with van der Waals surface area (Å²) in [5.74, 6) is 0.118. The van der Waals surface area contributed by atoms with Gasteiger partial charge in [-0.1, -0.05) is 57.2 Å². The minimum atomic E-state index is -0.379. The summed E-state index contributed by atoms with van der Waals surface area (Å²) in [5, 5.41) is 11.8. The highest BCUT2D eigenvalue weighted by Gasteiger charge is 2.23. The first kappa shape index (κ1) is 23.2. The molecule has 1 aliphatic heterocycles. The average molecular weight is 436 g/mol. The van der Waals surface area contributed by atoms with Gasteiger partial charge in [-0.3, -0.25) is 19.7 Å². The van der Waals surface area contributed by atoms with E-state index in [-0.39, 0.29) is 28.3 Å². The van der Waals surface area contributed by atoms with E-state index in [1.165, 1.54) is 12.1 Å². The van der Waals surface area contributed by atoms with Crippen molar-refractivity contribution < 1.29 is 14.5 Å². The number of hydrogen-bond donors (Lipinski definition) is 0. The molecule has 0 spiro atoms. The van der Waals surface area contributed by atoms with E-state index in [1.807, 2.05) is 31.2 Å². The number of nitro benzene ring substituents is 1. The maximum absolute atomic E-state index is 12.8. The van der Waals surface area contributed by atoms with Crippen LogP contribution in [0.15, 0.2) is 48.5 Å². The van der Waals surface area contributed by atoms with Crippen molar-refractivity contribution >= 4 is 23.6 Å². The number of amides is 2. The lowest BCUT2D eigenvalue weighted by Gasteiger charge is -2.34. The normalized spacial score (nSPS) is 14.2. The van der Waals surface area contributed by atoms with Crippen LogP contribution in [-0.2, 0) is 9.59 Å². The second-order valence-corrected chi connectivity index (χ2v) is 8.13. The van der Waals surface area contributed by atoms with Gasteiger partial charge in [0.2, 0.25) is 11.8 Å². The number of carbonyl (C=O) groups excluding carboxylic acids is 2. The van der Waals surface area contributed by atoms with Crippen molar-refractivity contribution in [2.45, 2.75) is 33.1 Å². The Morgan fingerprint density at radius 3 is 2.31 bits per heavy atom. The number of rotatable bonds is 6. The van der Waals surface area contributed by atoms with Crippen molar-refractivity contribution in [2.75, 3.05) is 26.2 Å². The summed E-state index contributed by atoms with van der Waals surface area (Å²) < 4.78 is 0. The molecule has 32 heavy (non-hydrogen) atoms. The van der Waals surface area contributed by atoms with Gasteiger partial charge >= 0.3 is 0 Å². The van der Waals surface area contributed by atoms with Gasteiger partial charge in [-0.2, -0.15) is 0 Å². The molecule has 0 atom stereocenters. The summed E-state index contributed by atoms with van der Waals surface area (Å²) >= 11 is 0. The molecule has 1 aliphatic rings. The van der Waals surface area contributed by atoms with Crippen molar-refractivity contribution in [3.05, 3.63) is 69.8 Å². The predicted octanol–water partition coefficient (Wildman–Crippen LogP) is 4.48. The van der Waals surface area contributed by atoms with E-state index in [0.29, 0.717) is 43.7 Å². The molecule has 1 saturated heterocycles. The SMILES string of the molecule is CCC(=O)N1CCN(C(=O)/C=C/c2cccc([N+](=O)[O-])c2-c2ccccc2C(C)C)CC1. The Bertz CT molecular complexity index is 1040. The molecule has 7 heteroatoms. The van der Waals surface area contributed by atoms with E-state index >= 15 is 0 Å². The number of nitro groups is 1. The third-order valence-electron chi connectivity index (χ3n) is 5.78. The number of nitrogens with zero attached hydrogens (tertiary/aromatic N) is 3. The van der Waals surface area contributed by atoms with Gasteiger partial charge in [0.05, 0.1) is 10.5 Å². The summed E-state index contributed by atoms with van der Waals surface area (Å²) in [7, 11) is 0. The first-order valence-corrected chi connectivity index (χ1v) is 10.9. The van der Waals surface area contributed by atoms with E-state index < -0.39 is 0 Å². The Hall–Kier alpha value is -3.48. The summed E-state index contributed by atoms with van der Waals surface area (Å²) in [6, 6.07) is 12.6. The van der Waals surface area contributed by atoms with E-state index in [4.69, 9.17) is 0 Å². The smallest absolute Gasteiger partial charge is 0.277 e. The van der Waals surface area contributed by atoms with Gasteiger partial charge in [-0.05, 0) is 28.7 Å². The maximum Gasteiger partial charge on any atom is 0.277 e. The van der Waals surface area contributed by atoms with E-state index in [0.717, 1.165) is 11.1 Å². The molecule has 0 aliphatic carbocycles. The van der Waals surface area contributed by atoms with Crippen LogP contribution >= 0.6 is 0 Å². The molecule has 2 amide bonds. The van der Waals surface area contributed by atoms with Crippen LogP contribution in [0.3, 0.4) is 0 Å². The molecule has 3 rings (SSSR count). The van der Waals surface area contributed by atoms with E-state index in [9.17, 15) is 19.7 Å². The highest BCUT2D eigenvalue weighted by molar-refractivity contribution is 5.94. The Kier molecular flexibility index (Phi) is 7.41. The predicted molar refractivity (Wildman–Crippen MR) is 125 cm³/mol. The van der Waals surface area contributed by atoms with Crippen molar-refractivity contribution in [3.63, 3.8) is 0 Å². The van der Waals surface area contributed by atoms with Crippen molar-refractivity contribution in [1.82, 2.24) is 9.80 Å². The molecule has 7 nitrogen and oxygen atoms in total. The van der Waals surface area contributed by atoms with Crippen molar-refractivity contribution in [2.24, 2.45) is 0 Å². The second kappa shape index (κ2) is 10.2. The van der Waals surface area contributed by atoms with Gasteiger partial charge in [0.15, 0.2) is 0 Å². The molecule has 0 bridgehead atoms. The number of benzene rings is 2. The van der Waals surface area contributed by atoms with Crippen LogP contribution in [0.5, 0.6) is 0 Å². The standard InChI is InChI=1S/C25H29N3O4/c1-4-23(29)26-14-16-27(17-15-26)24(30)13-12-19-8-7-11-22(28(31)32)25(19)21-10-6-5-9-20(21)18(2)3/h5-13,18H,4,14-17H2,1-3H3/b13-12+. The van der Waals surface area contributed by atoms with E-state index in [1.54, 1.807) is 28.0 Å². The minimum Gasteiger partial charge on any atom is -0.339 e. The van der Waals surface area contributed by atoms with Crippen molar-refractivity contribution in [1.29, 1.82) is 0 Å². The quantitative estimate of drug-likeness (QED) is 0.380. The van der Waals surface area contributed by atoms with Gasteiger partial charge < -0.3 is 9.80 Å². The monoisotopic (exact) mass is 435 g/mol. The van der Waals surface area contributed by atoms with Crippen LogP contribution in [0.2, 0.25) is 0 Å². The van der Waals surface area contributed by atoms with Crippen LogP contribution in [0.25, 0.3) is 17.2 Å². The van der Waals surface area contributed by atoms with Crippen LogP contribution in [0.4, 0.5) is 5.69 Å². The molecule has 2 aromatic carbocycles. The van der Waals surface area contributed by atoms with Gasteiger partial charge in [0.1, 0.15) is 0 Å². The molecule has 0 saturated carbocycles. The molecular weight excluding hydrogens is 406 g/mol. The highest BCUT2D eigenvalue weighted by atomic mass is 16.6. The van der Waals surface area contributed by atoms with Crippen LogP contribution < -0.4 is 0 Å². The molecule has 0 N–H and O–H groups in total. The Labute approximate surface area is 188 Å². The molecule has 0 radical (unpaired) electrons. The largest absolute Gasteiger partial charge is 0.339 e. The van der Waals surface area contributed by atoms with Crippen molar-refractivity contribution in [3.8, 4) is 11.1 Å². The third kappa shape index (κ3) is 5.04. The van der Waals surface area contributed by atoms with E-state index in [2.05, 4.69) is 13.8 Å². The zero-order valence-corrected chi connectivity index (χ0v) is 18.8. The zero-order valence-electron chi connectivity index (χ0n) is 18.8. The average Bonchev–Trinajstić information content (AvgIpc) is 2.81. The molecule has 0 unspecified atom stereocenters. The first-order chi connectivity index (χ1) is 15.3. The van der Waals surface area contributed by atoms with Gasteiger partial charge in [-0.25, -0.2) is 0 Å². The van der Waals surface area contributed by atoms with Crippen LogP contribution in [0.1, 0.15) is 44.2 Å². The Balaban J connectivity index is 1.90. The maximum atomic E-state index is 12.8. The topological polar surface area (TPSA) is 83.8 Å². The second-order valence-electron chi connectivity index (χ2n) is 8.13. The number of carbonyl (C=O) groups is 2. The fourth-order valence-electron chi connectivity index (χ4n) is 4.04. The Morgan fingerprint density at radius 1 is 1.03 bits per heavy atom. The molecule has 168 valence electrons. The van der Waals surface area contributed by atoms with Gasteiger partial charge in [0.25, 0.3) is 5.69 Å². The van der Waals surface area contributed by atoms with Crippen LogP contribution in [-0.4, -0.2) is 52.7 Å². The lowest BCUT2D eigenvalue weighted by Crippen LogP contribution is -2.50. The first-order valence-electron chi connectivity index (χ1n) is 10.9. The highest BCUT2D eigenvalue weighted by Crippen LogP contribution is 2.38. The molecule has 1 heterocycles. The van der Waals surface area contributed by atoms with Gasteiger partial charge in [-0.15, -0.1) is 0 Å². The van der Waals surface area contributed by atoms with Crippen LogP contribution in [0, 0.1) is 10.1 Å². The molecule has 1 fully saturated rings. The third-order valence-corrected chi connectivity index (χ3v) is 5.78. The fraction of sp³-hybridized carbons (Fsp3) is 0.360. The Morgan fingerprint density at radius 2 is 1.69 bits per heavy atom. The summed E-state index contributed by atoms with van der Waals surface area (Å²) in [5.41, 5.74) is 2.97. The minimum absolute atomic E-state index is 0.0133. The molecule has 2 aromatic rings. The summed E-state index contributed by atoms with van der Waals surface area (Å²) in [6.07, 6.45) is 3.59. The fourth-order valence-corrected chi connectivity index (χ4v) is 4.04. The number of piperazine rings is 1. The van der Waals surface area contributed by atoms with Gasteiger partial charge in [0, 0.05) is 44.7 Å². The molecular formula is C25H29N3O4. The number of hydrogen-bond acceptors (Lipinski definition) is 4. The lowest BCUT2D eigenvalue weighted by molar-refractivity contribution is -0.384. The summed E-state index contributed by atoms with van der Waals surface area (Å²) in [4.78, 5) is 39.5. The molecule has 0 aromatic heterocycles. The lowest BCUT2D eigenvalue weighted by atomic mass is 9.89. The summed E-state index contributed by atoms with van der Waals surface area (Å²) in [6.45, 7) is 7.94.